The molecule has 1 aromatic heterocycles. The molecule has 0 N–H and O–H groups in total. The highest BCUT2D eigenvalue weighted by Crippen LogP contribution is 2.27. The van der Waals surface area contributed by atoms with Gasteiger partial charge in [0.05, 0.1) is 42.5 Å². The van der Waals surface area contributed by atoms with Crippen molar-refractivity contribution in [3.63, 3.8) is 0 Å². The Labute approximate surface area is 151 Å². The van der Waals surface area contributed by atoms with Crippen LogP contribution < -0.4 is 4.74 Å². The normalized spacial score (nSPS) is 16.9. The Morgan fingerprint density at radius 2 is 2.24 bits per heavy atom. The molecule has 0 fully saturated rings. The Bertz CT molecular complexity index is 791. The number of carbonyl (C=O) groups is 1. The van der Waals surface area contributed by atoms with Crippen LogP contribution in [0.25, 0.3) is 0 Å². The minimum atomic E-state index is -0.483. The summed E-state index contributed by atoms with van der Waals surface area (Å²) < 4.78 is 21.0. The number of ether oxygens (including phenoxy) is 1. The third kappa shape index (κ3) is 3.79. The SMILES string of the molecule is CC(C)Oc1cnn2c1CN(C(=O)Cc1ccc(F)c(Cl)c1)C(C)C2. The van der Waals surface area contributed by atoms with Crippen molar-refractivity contribution in [2.75, 3.05) is 0 Å². The van der Waals surface area contributed by atoms with Crippen molar-refractivity contribution >= 4 is 17.5 Å². The molecule has 0 saturated heterocycles. The zero-order valence-electron chi connectivity index (χ0n) is 14.5. The number of nitrogens with zero attached hydrogens (tertiary/aromatic N) is 3. The molecule has 0 bridgehead atoms. The van der Waals surface area contributed by atoms with Crippen LogP contribution in [0.2, 0.25) is 5.02 Å². The summed E-state index contributed by atoms with van der Waals surface area (Å²) >= 11 is 5.81. The number of fused-ring (bicyclic) bond motifs is 1. The van der Waals surface area contributed by atoms with Gasteiger partial charge in [0.2, 0.25) is 5.91 Å². The van der Waals surface area contributed by atoms with Crippen LogP contribution in [0.1, 0.15) is 32.0 Å². The van der Waals surface area contributed by atoms with E-state index in [-0.39, 0.29) is 29.5 Å². The van der Waals surface area contributed by atoms with E-state index in [1.807, 2.05) is 30.4 Å². The first kappa shape index (κ1) is 17.7. The molecule has 134 valence electrons. The summed E-state index contributed by atoms with van der Waals surface area (Å²) in [5, 5.41) is 4.38. The Morgan fingerprint density at radius 3 is 2.92 bits per heavy atom. The zero-order valence-corrected chi connectivity index (χ0v) is 15.3. The standard InChI is InChI=1S/C18H21ClFN3O2/c1-11(2)25-17-8-21-23-9-12(3)22(10-16(17)23)18(24)7-13-4-5-15(20)14(19)6-13/h4-6,8,11-12H,7,9-10H2,1-3H3. The second kappa shape index (κ2) is 7.04. The summed E-state index contributed by atoms with van der Waals surface area (Å²) in [6.07, 6.45) is 1.92. The van der Waals surface area contributed by atoms with Crippen LogP contribution in [0.5, 0.6) is 5.75 Å². The van der Waals surface area contributed by atoms with Gasteiger partial charge in [0, 0.05) is 6.04 Å². The fourth-order valence-corrected chi connectivity index (χ4v) is 3.19. The van der Waals surface area contributed by atoms with Gasteiger partial charge in [-0.2, -0.15) is 5.10 Å². The fraction of sp³-hybridized carbons (Fsp3) is 0.444. The summed E-state index contributed by atoms with van der Waals surface area (Å²) in [4.78, 5) is 14.6. The van der Waals surface area contributed by atoms with Crippen molar-refractivity contribution in [3.8, 4) is 5.75 Å². The van der Waals surface area contributed by atoms with Gasteiger partial charge in [-0.25, -0.2) is 4.39 Å². The van der Waals surface area contributed by atoms with E-state index < -0.39 is 5.82 Å². The predicted molar refractivity (Wildman–Crippen MR) is 93.1 cm³/mol. The van der Waals surface area contributed by atoms with E-state index in [2.05, 4.69) is 5.10 Å². The quantitative estimate of drug-likeness (QED) is 0.833. The van der Waals surface area contributed by atoms with Crippen LogP contribution >= 0.6 is 11.6 Å². The molecule has 2 aromatic rings. The van der Waals surface area contributed by atoms with Crippen molar-refractivity contribution in [1.29, 1.82) is 0 Å². The van der Waals surface area contributed by atoms with Gasteiger partial charge in [0.15, 0.2) is 5.75 Å². The predicted octanol–water partition coefficient (Wildman–Crippen LogP) is 3.44. The van der Waals surface area contributed by atoms with Gasteiger partial charge < -0.3 is 9.64 Å². The lowest BCUT2D eigenvalue weighted by Gasteiger charge is -2.34. The number of rotatable bonds is 4. The van der Waals surface area contributed by atoms with E-state index in [0.717, 1.165) is 5.69 Å². The van der Waals surface area contributed by atoms with E-state index >= 15 is 0 Å². The largest absolute Gasteiger partial charge is 0.487 e. The fourth-order valence-electron chi connectivity index (χ4n) is 2.99. The number of halogens is 2. The Hall–Kier alpha value is -2.08. The topological polar surface area (TPSA) is 47.4 Å². The maximum absolute atomic E-state index is 13.3. The molecule has 5 nitrogen and oxygen atoms in total. The summed E-state index contributed by atoms with van der Waals surface area (Å²) in [6.45, 7) is 6.96. The summed E-state index contributed by atoms with van der Waals surface area (Å²) in [5.41, 5.74) is 1.60. The highest BCUT2D eigenvalue weighted by atomic mass is 35.5. The van der Waals surface area contributed by atoms with Crippen molar-refractivity contribution in [2.24, 2.45) is 0 Å². The second-order valence-electron chi connectivity index (χ2n) is 6.60. The van der Waals surface area contributed by atoms with E-state index in [9.17, 15) is 9.18 Å². The number of amides is 1. The van der Waals surface area contributed by atoms with Gasteiger partial charge >= 0.3 is 0 Å². The minimum Gasteiger partial charge on any atom is -0.487 e. The lowest BCUT2D eigenvalue weighted by atomic mass is 10.1. The molecule has 1 unspecified atom stereocenters. The number of benzene rings is 1. The van der Waals surface area contributed by atoms with Gasteiger partial charge in [-0.15, -0.1) is 0 Å². The van der Waals surface area contributed by atoms with Crippen LogP contribution in [-0.2, 0) is 24.3 Å². The van der Waals surface area contributed by atoms with Crippen LogP contribution in [0, 0.1) is 5.82 Å². The van der Waals surface area contributed by atoms with Gasteiger partial charge in [0.25, 0.3) is 0 Å². The Morgan fingerprint density at radius 1 is 1.48 bits per heavy atom. The van der Waals surface area contributed by atoms with Crippen LogP contribution in [0.4, 0.5) is 4.39 Å². The highest BCUT2D eigenvalue weighted by molar-refractivity contribution is 6.30. The number of carbonyl (C=O) groups excluding carboxylic acids is 1. The Balaban J connectivity index is 1.77. The number of aromatic nitrogens is 2. The number of hydrogen-bond donors (Lipinski definition) is 0. The molecule has 1 atom stereocenters. The smallest absolute Gasteiger partial charge is 0.227 e. The van der Waals surface area contributed by atoms with E-state index in [4.69, 9.17) is 16.3 Å². The van der Waals surface area contributed by atoms with Crippen molar-refractivity contribution < 1.29 is 13.9 Å². The maximum Gasteiger partial charge on any atom is 0.227 e. The average Bonchev–Trinajstić information content (AvgIpc) is 2.91. The molecule has 0 radical (unpaired) electrons. The first-order valence-electron chi connectivity index (χ1n) is 8.30. The molecular formula is C18H21ClFN3O2. The molecule has 7 heteroatoms. The molecule has 1 amide bonds. The van der Waals surface area contributed by atoms with Crippen molar-refractivity contribution in [3.05, 3.63) is 46.5 Å². The molecule has 0 spiro atoms. The lowest BCUT2D eigenvalue weighted by Crippen LogP contribution is -2.45. The summed E-state index contributed by atoms with van der Waals surface area (Å²) in [7, 11) is 0. The minimum absolute atomic E-state index is 0.0164. The van der Waals surface area contributed by atoms with Gasteiger partial charge in [0.1, 0.15) is 5.82 Å². The van der Waals surface area contributed by atoms with Gasteiger partial charge in [-0.3, -0.25) is 9.48 Å². The van der Waals surface area contributed by atoms with Crippen LogP contribution in [0.15, 0.2) is 24.4 Å². The molecule has 3 rings (SSSR count). The van der Waals surface area contributed by atoms with Gasteiger partial charge in [-0.05, 0) is 38.5 Å². The summed E-state index contributed by atoms with van der Waals surface area (Å²) in [5.74, 6) is 0.200. The zero-order chi connectivity index (χ0) is 18.1. The molecule has 1 aromatic carbocycles. The van der Waals surface area contributed by atoms with E-state index in [1.165, 1.54) is 12.1 Å². The first-order chi connectivity index (χ1) is 11.8. The molecule has 0 saturated carbocycles. The van der Waals surface area contributed by atoms with Crippen molar-refractivity contribution in [2.45, 2.75) is 52.4 Å². The van der Waals surface area contributed by atoms with Crippen LogP contribution in [-0.4, -0.2) is 32.7 Å². The maximum atomic E-state index is 13.3. The molecule has 1 aliphatic rings. The monoisotopic (exact) mass is 365 g/mol. The first-order valence-corrected chi connectivity index (χ1v) is 8.67. The molecule has 25 heavy (non-hydrogen) atoms. The average molecular weight is 366 g/mol. The molecular weight excluding hydrogens is 345 g/mol. The van der Waals surface area contributed by atoms with Crippen molar-refractivity contribution in [1.82, 2.24) is 14.7 Å². The van der Waals surface area contributed by atoms with Crippen LogP contribution in [0.3, 0.4) is 0 Å². The third-order valence-electron chi connectivity index (χ3n) is 4.22. The molecule has 0 aliphatic carbocycles. The van der Waals surface area contributed by atoms with E-state index in [1.54, 1.807) is 12.3 Å². The van der Waals surface area contributed by atoms with E-state index in [0.29, 0.717) is 24.4 Å². The Kier molecular flexibility index (Phi) is 4.99. The third-order valence-corrected chi connectivity index (χ3v) is 4.51. The molecule has 2 heterocycles. The summed E-state index contributed by atoms with van der Waals surface area (Å²) in [6, 6.07) is 4.39. The number of hydrogen-bond acceptors (Lipinski definition) is 3. The highest BCUT2D eigenvalue weighted by Gasteiger charge is 2.30. The second-order valence-corrected chi connectivity index (χ2v) is 7.01. The molecule has 1 aliphatic heterocycles. The lowest BCUT2D eigenvalue weighted by molar-refractivity contribution is -0.134. The van der Waals surface area contributed by atoms with Gasteiger partial charge in [-0.1, -0.05) is 17.7 Å².